The molecule has 1 saturated heterocycles. The molecule has 0 bridgehead atoms. The van der Waals surface area contributed by atoms with E-state index in [2.05, 4.69) is 0 Å². The second kappa shape index (κ2) is 7.84. The average molecular weight is 411 g/mol. The Hall–Kier alpha value is -2.16. The number of ether oxygens (including phenoxy) is 1. The maximum atomic E-state index is 12.7. The third-order valence-electron chi connectivity index (χ3n) is 4.48. The summed E-state index contributed by atoms with van der Waals surface area (Å²) in [4.78, 5) is 10.8. The molecule has 0 unspecified atom stereocenters. The molecule has 0 aromatic heterocycles. The normalized spacial score (nSPS) is 16.2. The van der Waals surface area contributed by atoms with Gasteiger partial charge in [0.05, 0.1) is 9.82 Å². The maximum Gasteiger partial charge on any atom is 0.312 e. The predicted molar refractivity (Wildman–Crippen MR) is 102 cm³/mol. The van der Waals surface area contributed by atoms with E-state index >= 15 is 0 Å². The van der Waals surface area contributed by atoms with Crippen molar-refractivity contribution in [3.05, 3.63) is 63.2 Å². The molecule has 1 aliphatic rings. The average Bonchev–Trinajstić information content (AvgIpc) is 3.17. The molecule has 2 aromatic carbocycles. The highest BCUT2D eigenvalue weighted by Crippen LogP contribution is 2.35. The SMILES string of the molecule is C[C@H](Oc1ccc(S(=O)(=O)N2CCCC2)cc1[N+](=O)[O-])c1ccccc1Cl. The van der Waals surface area contributed by atoms with Crippen molar-refractivity contribution in [3.63, 3.8) is 0 Å². The number of sulfonamides is 1. The fraction of sp³-hybridized carbons (Fsp3) is 0.333. The molecular formula is C18H19ClN2O5S. The molecule has 9 heteroatoms. The van der Waals surface area contributed by atoms with E-state index in [9.17, 15) is 18.5 Å². The first kappa shape index (κ1) is 19.6. The third-order valence-corrected chi connectivity index (χ3v) is 6.72. The molecule has 7 nitrogen and oxygen atoms in total. The van der Waals surface area contributed by atoms with Crippen molar-refractivity contribution in [2.45, 2.75) is 30.8 Å². The van der Waals surface area contributed by atoms with Gasteiger partial charge >= 0.3 is 5.69 Å². The number of nitro benzene ring substituents is 1. The van der Waals surface area contributed by atoms with E-state index in [1.54, 1.807) is 31.2 Å². The van der Waals surface area contributed by atoms with Crippen LogP contribution in [0.1, 0.15) is 31.4 Å². The van der Waals surface area contributed by atoms with E-state index in [0.717, 1.165) is 18.9 Å². The van der Waals surface area contributed by atoms with Crippen molar-refractivity contribution >= 4 is 27.3 Å². The number of hydrogen-bond acceptors (Lipinski definition) is 5. The summed E-state index contributed by atoms with van der Waals surface area (Å²) in [5.74, 6) is -0.00667. The van der Waals surface area contributed by atoms with E-state index in [1.807, 2.05) is 0 Å². The van der Waals surface area contributed by atoms with Crippen LogP contribution in [0.25, 0.3) is 0 Å². The lowest BCUT2D eigenvalue weighted by Gasteiger charge is -2.18. The smallest absolute Gasteiger partial charge is 0.312 e. The van der Waals surface area contributed by atoms with Crippen LogP contribution in [-0.4, -0.2) is 30.7 Å². The van der Waals surface area contributed by atoms with Gasteiger partial charge in [-0.15, -0.1) is 0 Å². The number of rotatable bonds is 6. The molecule has 1 aliphatic heterocycles. The van der Waals surface area contributed by atoms with Gasteiger partial charge < -0.3 is 4.74 Å². The second-order valence-electron chi connectivity index (χ2n) is 6.28. The van der Waals surface area contributed by atoms with Crippen LogP contribution in [0, 0.1) is 10.1 Å². The topological polar surface area (TPSA) is 89.8 Å². The molecule has 144 valence electrons. The molecule has 1 heterocycles. The molecule has 0 aliphatic carbocycles. The van der Waals surface area contributed by atoms with Gasteiger partial charge in [0.15, 0.2) is 5.75 Å². The van der Waals surface area contributed by atoms with Crippen LogP contribution in [0.15, 0.2) is 47.4 Å². The van der Waals surface area contributed by atoms with Gasteiger partial charge in [-0.1, -0.05) is 29.8 Å². The van der Waals surface area contributed by atoms with Gasteiger partial charge in [-0.3, -0.25) is 10.1 Å². The van der Waals surface area contributed by atoms with Gasteiger partial charge in [0, 0.05) is 29.7 Å². The second-order valence-corrected chi connectivity index (χ2v) is 8.62. The van der Waals surface area contributed by atoms with Crippen molar-refractivity contribution in [2.75, 3.05) is 13.1 Å². The molecule has 0 saturated carbocycles. The van der Waals surface area contributed by atoms with Gasteiger partial charge in [-0.05, 0) is 38.0 Å². The van der Waals surface area contributed by atoms with Crippen molar-refractivity contribution in [1.82, 2.24) is 4.31 Å². The van der Waals surface area contributed by atoms with Crippen molar-refractivity contribution in [1.29, 1.82) is 0 Å². The number of nitrogens with zero attached hydrogens (tertiary/aromatic N) is 2. The summed E-state index contributed by atoms with van der Waals surface area (Å²) < 4.78 is 32.4. The summed E-state index contributed by atoms with van der Waals surface area (Å²) in [5, 5.41) is 12.0. The Bertz CT molecular complexity index is 958. The van der Waals surface area contributed by atoms with Gasteiger partial charge in [0.1, 0.15) is 6.10 Å². The van der Waals surface area contributed by atoms with Crippen LogP contribution in [0.4, 0.5) is 5.69 Å². The molecule has 0 amide bonds. The van der Waals surface area contributed by atoms with E-state index in [4.69, 9.17) is 16.3 Å². The van der Waals surface area contributed by atoms with Crippen molar-refractivity contribution in [3.8, 4) is 5.75 Å². The van der Waals surface area contributed by atoms with Crippen LogP contribution < -0.4 is 4.74 Å². The molecule has 3 rings (SSSR count). The predicted octanol–water partition coefficient (Wildman–Crippen LogP) is 4.17. The molecule has 27 heavy (non-hydrogen) atoms. The summed E-state index contributed by atoms with van der Waals surface area (Å²) in [6.45, 7) is 2.58. The molecule has 0 spiro atoms. The van der Waals surface area contributed by atoms with Crippen molar-refractivity contribution < 1.29 is 18.1 Å². The summed E-state index contributed by atoms with van der Waals surface area (Å²) in [6.07, 6.45) is 1.04. The van der Waals surface area contributed by atoms with E-state index in [-0.39, 0.29) is 10.6 Å². The Kier molecular flexibility index (Phi) is 5.69. The highest BCUT2D eigenvalue weighted by Gasteiger charge is 2.30. The Morgan fingerprint density at radius 3 is 2.48 bits per heavy atom. The molecule has 0 radical (unpaired) electrons. The fourth-order valence-electron chi connectivity index (χ4n) is 3.04. The standard InChI is InChI=1S/C18H19ClN2O5S/c1-13(15-6-2-3-7-16(15)19)26-18-9-8-14(12-17(18)21(22)23)27(24,25)20-10-4-5-11-20/h2-3,6-9,12-13H,4-5,10-11H2,1H3/t13-/m0/s1. The number of benzene rings is 2. The zero-order chi connectivity index (χ0) is 19.6. The van der Waals surface area contributed by atoms with Gasteiger partial charge in [-0.25, -0.2) is 8.42 Å². The Labute approximate surface area is 162 Å². The maximum absolute atomic E-state index is 12.7. The summed E-state index contributed by atoms with van der Waals surface area (Å²) in [5.41, 5.74) is 0.288. The summed E-state index contributed by atoms with van der Waals surface area (Å²) in [6, 6.07) is 10.8. The first-order chi connectivity index (χ1) is 12.8. The zero-order valence-corrected chi connectivity index (χ0v) is 16.2. The van der Waals surface area contributed by atoms with Gasteiger partial charge in [-0.2, -0.15) is 4.31 Å². The molecule has 1 fully saturated rings. The van der Waals surface area contributed by atoms with Crippen LogP contribution in [0.2, 0.25) is 5.02 Å². The Morgan fingerprint density at radius 1 is 1.19 bits per heavy atom. The minimum Gasteiger partial charge on any atom is -0.479 e. The number of halogens is 1. The summed E-state index contributed by atoms with van der Waals surface area (Å²) >= 11 is 6.15. The lowest BCUT2D eigenvalue weighted by Crippen LogP contribution is -2.27. The Morgan fingerprint density at radius 2 is 1.85 bits per heavy atom. The third kappa shape index (κ3) is 4.07. The molecule has 0 N–H and O–H groups in total. The Balaban J connectivity index is 1.93. The van der Waals surface area contributed by atoms with E-state index in [1.165, 1.54) is 16.4 Å². The van der Waals surface area contributed by atoms with Crippen molar-refractivity contribution in [2.24, 2.45) is 0 Å². The lowest BCUT2D eigenvalue weighted by atomic mass is 10.1. The summed E-state index contributed by atoms with van der Waals surface area (Å²) in [7, 11) is -3.75. The van der Waals surface area contributed by atoms with Crippen LogP contribution >= 0.6 is 11.6 Å². The fourth-order valence-corrected chi connectivity index (χ4v) is 4.86. The van der Waals surface area contributed by atoms with Crippen LogP contribution in [-0.2, 0) is 10.0 Å². The highest BCUT2D eigenvalue weighted by molar-refractivity contribution is 7.89. The zero-order valence-electron chi connectivity index (χ0n) is 14.7. The molecular weight excluding hydrogens is 392 g/mol. The van der Waals surface area contributed by atoms with Gasteiger partial charge in [0.25, 0.3) is 0 Å². The molecule has 1 atom stereocenters. The largest absolute Gasteiger partial charge is 0.479 e. The quantitative estimate of drug-likeness (QED) is 0.526. The first-order valence-corrected chi connectivity index (χ1v) is 10.3. The van der Waals surface area contributed by atoms with Gasteiger partial charge in [0.2, 0.25) is 10.0 Å². The van der Waals surface area contributed by atoms with Crippen LogP contribution in [0.3, 0.4) is 0 Å². The number of nitro groups is 1. The minimum atomic E-state index is -3.75. The monoisotopic (exact) mass is 410 g/mol. The van der Waals surface area contributed by atoms with E-state index < -0.39 is 26.7 Å². The number of hydrogen-bond donors (Lipinski definition) is 0. The van der Waals surface area contributed by atoms with Crippen LogP contribution in [0.5, 0.6) is 5.75 Å². The highest BCUT2D eigenvalue weighted by atomic mass is 35.5. The first-order valence-electron chi connectivity index (χ1n) is 8.50. The van der Waals surface area contributed by atoms with E-state index in [0.29, 0.717) is 23.7 Å². The molecule has 2 aromatic rings. The minimum absolute atomic E-state index is 0.00667. The lowest BCUT2D eigenvalue weighted by molar-refractivity contribution is -0.386.